The van der Waals surface area contributed by atoms with Crippen LogP contribution in [-0.4, -0.2) is 17.0 Å². The highest BCUT2D eigenvalue weighted by atomic mass is 35.5. The van der Waals surface area contributed by atoms with Crippen molar-refractivity contribution in [2.45, 2.75) is 0 Å². The molecule has 0 fully saturated rings. The summed E-state index contributed by atoms with van der Waals surface area (Å²) in [4.78, 5) is 10.1. The molecule has 1 aromatic carbocycles. The fourth-order valence-electron chi connectivity index (χ4n) is 0.778. The molecule has 0 heterocycles. The van der Waals surface area contributed by atoms with Crippen LogP contribution in [0.3, 0.4) is 0 Å². The van der Waals surface area contributed by atoms with Crippen molar-refractivity contribution in [2.75, 3.05) is 0 Å². The van der Waals surface area contributed by atoms with Crippen molar-refractivity contribution in [1.82, 2.24) is 0 Å². The second kappa shape index (κ2) is 9.17. The number of carboxylic acids is 1. The highest BCUT2D eigenvalue weighted by Gasteiger charge is 1.91. The van der Waals surface area contributed by atoms with E-state index in [0.717, 1.165) is 6.08 Å². The lowest BCUT2D eigenvalue weighted by atomic mass is 10.2. The third-order valence-electron chi connectivity index (χ3n) is 1.27. The Morgan fingerprint density at radius 3 is 2.35 bits per heavy atom. The van der Waals surface area contributed by atoms with Gasteiger partial charge in [0.2, 0.25) is 0 Å². The first-order valence-electron chi connectivity index (χ1n) is 4.18. The molecule has 0 bridgehead atoms. The number of nitrogens with two attached hydrogens (primary N) is 2. The molecular weight excluding hydrogens is 249 g/mol. The Morgan fingerprint density at radius 1 is 1.41 bits per heavy atom. The lowest BCUT2D eigenvalue weighted by Gasteiger charge is -1.91. The molecule has 17 heavy (non-hydrogen) atoms. The van der Waals surface area contributed by atoms with Crippen LogP contribution in [0.25, 0.3) is 6.08 Å². The Morgan fingerprint density at radius 2 is 1.94 bits per heavy atom. The van der Waals surface area contributed by atoms with Gasteiger partial charge in [-0.05, 0) is 23.8 Å². The molecule has 0 radical (unpaired) electrons. The summed E-state index contributed by atoms with van der Waals surface area (Å²) in [5.41, 5.74) is 9.48. The Balaban J connectivity index is 0. The molecule has 0 atom stereocenters. The number of halogens is 2. The van der Waals surface area contributed by atoms with Gasteiger partial charge in [0.1, 0.15) is 5.82 Å². The van der Waals surface area contributed by atoms with Crippen LogP contribution in [0.4, 0.5) is 4.39 Å². The van der Waals surface area contributed by atoms with E-state index in [0.29, 0.717) is 5.56 Å². The minimum atomic E-state index is -1.04. The molecular formula is C10H13ClFN3O2. The van der Waals surface area contributed by atoms with Gasteiger partial charge in [0.15, 0.2) is 5.96 Å². The molecule has 6 N–H and O–H groups in total. The third kappa shape index (κ3) is 11.8. The molecule has 0 saturated carbocycles. The molecule has 0 aliphatic carbocycles. The smallest absolute Gasteiger partial charge is 0.328 e. The van der Waals surface area contributed by atoms with E-state index in [-0.39, 0.29) is 24.2 Å². The van der Waals surface area contributed by atoms with Gasteiger partial charge >= 0.3 is 5.97 Å². The lowest BCUT2D eigenvalue weighted by Crippen LogP contribution is -2.20. The topological polar surface area (TPSA) is 113 Å². The molecule has 0 amide bonds. The second-order valence-corrected chi connectivity index (χ2v) is 2.68. The molecule has 0 aliphatic rings. The van der Waals surface area contributed by atoms with E-state index in [9.17, 15) is 9.18 Å². The van der Waals surface area contributed by atoms with Gasteiger partial charge in [0.05, 0.1) is 0 Å². The number of guanidine groups is 1. The Hall–Kier alpha value is -2.08. The summed E-state index contributed by atoms with van der Waals surface area (Å²) in [5, 5.41) is 14.3. The summed E-state index contributed by atoms with van der Waals surface area (Å²) in [6, 6.07) is 5.72. The van der Waals surface area contributed by atoms with Crippen LogP contribution in [0, 0.1) is 11.2 Å². The molecule has 0 unspecified atom stereocenters. The number of hydrogen-bond acceptors (Lipinski definition) is 2. The molecule has 1 aromatic rings. The summed E-state index contributed by atoms with van der Waals surface area (Å²) >= 11 is 0. The highest BCUT2D eigenvalue weighted by Crippen LogP contribution is 2.04. The average molecular weight is 262 g/mol. The van der Waals surface area contributed by atoms with E-state index in [1.54, 1.807) is 6.07 Å². The maximum atomic E-state index is 12.5. The third-order valence-corrected chi connectivity index (χ3v) is 1.27. The molecule has 1 rings (SSSR count). The van der Waals surface area contributed by atoms with Crippen LogP contribution >= 0.6 is 12.4 Å². The van der Waals surface area contributed by atoms with Crippen LogP contribution < -0.4 is 11.5 Å². The van der Waals surface area contributed by atoms with Crippen molar-refractivity contribution in [3.8, 4) is 0 Å². The zero-order valence-electron chi connectivity index (χ0n) is 8.76. The first-order chi connectivity index (χ1) is 7.41. The van der Waals surface area contributed by atoms with Gasteiger partial charge < -0.3 is 16.6 Å². The normalized spacial score (nSPS) is 8.76. The van der Waals surface area contributed by atoms with E-state index in [4.69, 9.17) is 10.5 Å². The fraction of sp³-hybridized carbons (Fsp3) is 0. The zero-order chi connectivity index (χ0) is 12.6. The van der Waals surface area contributed by atoms with Crippen molar-refractivity contribution in [1.29, 1.82) is 5.41 Å². The number of carboxylic acid groups (broad SMARTS) is 1. The molecule has 0 saturated heterocycles. The zero-order valence-corrected chi connectivity index (χ0v) is 9.58. The molecule has 0 spiro atoms. The molecule has 0 aliphatic heterocycles. The van der Waals surface area contributed by atoms with Crippen LogP contribution in [0.5, 0.6) is 0 Å². The Bertz CT molecular complexity index is 406. The quantitative estimate of drug-likeness (QED) is 0.364. The summed E-state index contributed by atoms with van der Waals surface area (Å²) in [7, 11) is 0. The maximum absolute atomic E-state index is 12.5. The minimum Gasteiger partial charge on any atom is -0.478 e. The SMILES string of the molecule is Cl.N=C(N)N.O=C(O)C=Cc1cccc(F)c1. The van der Waals surface area contributed by atoms with Gasteiger partial charge in [0, 0.05) is 6.08 Å². The van der Waals surface area contributed by atoms with E-state index >= 15 is 0 Å². The van der Waals surface area contributed by atoms with Crippen molar-refractivity contribution in [3.05, 3.63) is 41.7 Å². The standard InChI is InChI=1S/C9H7FO2.CH5N3.ClH/c10-8-3-1-2-7(6-8)4-5-9(11)12;2-1(3)4;/h1-6H,(H,11,12);(H5,2,3,4);1H. The van der Waals surface area contributed by atoms with E-state index in [1.807, 2.05) is 0 Å². The number of hydrogen-bond donors (Lipinski definition) is 4. The second-order valence-electron chi connectivity index (χ2n) is 2.68. The largest absolute Gasteiger partial charge is 0.478 e. The van der Waals surface area contributed by atoms with Gasteiger partial charge in [-0.2, -0.15) is 0 Å². The first-order valence-corrected chi connectivity index (χ1v) is 4.18. The van der Waals surface area contributed by atoms with Crippen molar-refractivity contribution < 1.29 is 14.3 Å². The van der Waals surface area contributed by atoms with E-state index < -0.39 is 5.97 Å². The van der Waals surface area contributed by atoms with Crippen molar-refractivity contribution >= 4 is 30.4 Å². The minimum absolute atomic E-state index is 0. The van der Waals surface area contributed by atoms with Crippen LogP contribution in [0.15, 0.2) is 30.3 Å². The summed E-state index contributed by atoms with van der Waals surface area (Å²) in [6.45, 7) is 0. The first kappa shape index (κ1) is 17.3. The van der Waals surface area contributed by atoms with Crippen molar-refractivity contribution in [2.24, 2.45) is 11.5 Å². The molecule has 7 heteroatoms. The van der Waals surface area contributed by atoms with Gasteiger partial charge in [0.25, 0.3) is 0 Å². The van der Waals surface area contributed by atoms with Gasteiger partial charge in [-0.15, -0.1) is 12.4 Å². The molecule has 94 valence electrons. The average Bonchev–Trinajstić information content (AvgIpc) is 2.14. The predicted octanol–water partition coefficient (Wildman–Crippen LogP) is 1.18. The monoisotopic (exact) mass is 261 g/mol. The number of rotatable bonds is 2. The number of nitrogens with one attached hydrogen (secondary N) is 1. The maximum Gasteiger partial charge on any atom is 0.328 e. The summed E-state index contributed by atoms with van der Waals surface area (Å²) < 4.78 is 12.5. The van der Waals surface area contributed by atoms with E-state index in [2.05, 4.69) is 11.5 Å². The summed E-state index contributed by atoms with van der Waals surface area (Å²) in [5.74, 6) is -1.75. The van der Waals surface area contributed by atoms with Gasteiger partial charge in [-0.3, -0.25) is 5.41 Å². The van der Waals surface area contributed by atoms with Gasteiger partial charge in [-0.1, -0.05) is 12.1 Å². The van der Waals surface area contributed by atoms with Gasteiger partial charge in [-0.25, -0.2) is 9.18 Å². The highest BCUT2D eigenvalue weighted by molar-refractivity contribution is 5.85. The van der Waals surface area contributed by atoms with Crippen LogP contribution in [-0.2, 0) is 4.79 Å². The summed E-state index contributed by atoms with van der Waals surface area (Å²) in [6.07, 6.45) is 2.31. The number of benzene rings is 1. The Kier molecular flexibility index (Phi) is 9.34. The number of aliphatic carboxylic acids is 1. The molecule has 5 nitrogen and oxygen atoms in total. The molecule has 0 aromatic heterocycles. The van der Waals surface area contributed by atoms with E-state index in [1.165, 1.54) is 24.3 Å². The van der Waals surface area contributed by atoms with Crippen LogP contribution in [0.2, 0.25) is 0 Å². The Labute approximate surface area is 104 Å². The predicted molar refractivity (Wildman–Crippen MR) is 66.4 cm³/mol. The lowest BCUT2D eigenvalue weighted by molar-refractivity contribution is -0.131. The van der Waals surface area contributed by atoms with Crippen LogP contribution in [0.1, 0.15) is 5.56 Å². The fourth-order valence-corrected chi connectivity index (χ4v) is 0.778. The number of carbonyl (C=O) groups is 1. The van der Waals surface area contributed by atoms with Crippen molar-refractivity contribution in [3.63, 3.8) is 0 Å².